The van der Waals surface area contributed by atoms with Gasteiger partial charge in [0, 0.05) is 62.5 Å². The Morgan fingerprint density at radius 3 is 2.71 bits per heavy atom. The van der Waals surface area contributed by atoms with Crippen molar-refractivity contribution in [3.05, 3.63) is 58.0 Å². The number of amides is 2. The smallest absolute Gasteiger partial charge is 0.258 e. The molecule has 2 amide bonds. The van der Waals surface area contributed by atoms with E-state index in [4.69, 9.17) is 0 Å². The molecule has 3 aliphatic rings. The molecule has 4 atom stereocenters. The first-order chi connectivity index (χ1) is 16.9. The first-order valence-electron chi connectivity index (χ1n) is 12.5. The lowest BCUT2D eigenvalue weighted by molar-refractivity contribution is -0.143. The third kappa shape index (κ3) is 4.01. The van der Waals surface area contributed by atoms with Crippen molar-refractivity contribution in [3.63, 3.8) is 0 Å². The number of rotatable bonds is 7. The maximum atomic E-state index is 13.6. The fraction of sp³-hybridized carbons (Fsp3) is 0.538. The van der Waals surface area contributed by atoms with Crippen LogP contribution in [0.1, 0.15) is 49.2 Å². The number of aliphatic hydroxyl groups excluding tert-OH is 1. The van der Waals surface area contributed by atoms with Gasteiger partial charge in [0.05, 0.1) is 30.0 Å². The van der Waals surface area contributed by atoms with E-state index >= 15 is 0 Å². The highest BCUT2D eigenvalue weighted by Gasteiger charge is 2.58. The van der Waals surface area contributed by atoms with Gasteiger partial charge in [-0.3, -0.25) is 14.4 Å². The van der Waals surface area contributed by atoms with E-state index in [9.17, 15) is 19.5 Å². The van der Waals surface area contributed by atoms with Crippen LogP contribution in [-0.2, 0) is 29.6 Å². The summed E-state index contributed by atoms with van der Waals surface area (Å²) in [5.41, 5.74) is 2.01. The molecular weight excluding hydrogens is 446 g/mol. The van der Waals surface area contributed by atoms with Crippen LogP contribution in [-0.4, -0.2) is 55.1 Å². The second-order valence-electron chi connectivity index (χ2n) is 9.96. The van der Waals surface area contributed by atoms with Gasteiger partial charge in [-0.25, -0.2) is 4.98 Å². The monoisotopic (exact) mass is 479 g/mol. The summed E-state index contributed by atoms with van der Waals surface area (Å²) in [6.45, 7) is 2.33. The number of imidazole rings is 1. The molecule has 2 bridgehead atoms. The molecule has 9 nitrogen and oxygen atoms in total. The molecule has 0 unspecified atom stereocenters. The minimum atomic E-state index is -0.626. The Hall–Kier alpha value is -3.20. The number of aliphatic hydroxyl groups is 1. The van der Waals surface area contributed by atoms with E-state index in [1.54, 1.807) is 23.0 Å². The molecule has 2 aromatic rings. The third-order valence-electron chi connectivity index (χ3n) is 7.87. The van der Waals surface area contributed by atoms with E-state index in [0.717, 1.165) is 25.0 Å². The summed E-state index contributed by atoms with van der Waals surface area (Å²) in [6, 6.07) is 2.67. The van der Waals surface area contributed by atoms with Gasteiger partial charge in [0.25, 0.3) is 5.56 Å². The number of allylic oxidation sites excluding steroid dienone is 1. The van der Waals surface area contributed by atoms with Crippen molar-refractivity contribution in [1.29, 1.82) is 0 Å². The van der Waals surface area contributed by atoms with Crippen LogP contribution in [0, 0.1) is 17.8 Å². The minimum Gasteiger partial charge on any atom is -0.396 e. The van der Waals surface area contributed by atoms with Gasteiger partial charge in [-0.1, -0.05) is 18.6 Å². The van der Waals surface area contributed by atoms with Gasteiger partial charge in [-0.2, -0.15) is 0 Å². The molecular formula is C26H33N5O4. The molecule has 9 heteroatoms. The summed E-state index contributed by atoms with van der Waals surface area (Å²) in [7, 11) is 1.90. The number of aryl methyl sites for hydroxylation is 1. The van der Waals surface area contributed by atoms with E-state index in [2.05, 4.69) is 10.3 Å². The molecule has 0 spiro atoms. The van der Waals surface area contributed by atoms with E-state index in [1.165, 1.54) is 0 Å². The quantitative estimate of drug-likeness (QED) is 0.622. The van der Waals surface area contributed by atoms with Gasteiger partial charge in [0.2, 0.25) is 11.8 Å². The number of hydrogen-bond donors (Lipinski definition) is 2. The Bertz CT molecular complexity index is 1210. The lowest BCUT2D eigenvalue weighted by atomic mass is 9.83. The average molecular weight is 480 g/mol. The lowest BCUT2D eigenvalue weighted by Gasteiger charge is -2.41. The van der Waals surface area contributed by atoms with Crippen molar-refractivity contribution in [2.75, 3.05) is 13.2 Å². The first kappa shape index (κ1) is 23.5. The second-order valence-corrected chi connectivity index (χ2v) is 9.96. The second kappa shape index (κ2) is 9.45. The van der Waals surface area contributed by atoms with Gasteiger partial charge < -0.3 is 24.5 Å². The summed E-state index contributed by atoms with van der Waals surface area (Å²) in [6.07, 6.45) is 10.6. The Labute approximate surface area is 204 Å². The Morgan fingerprint density at radius 2 is 2.09 bits per heavy atom. The molecule has 4 heterocycles. The summed E-state index contributed by atoms with van der Waals surface area (Å²) < 4.78 is 3.57. The Balaban J connectivity index is 1.48. The molecule has 2 fully saturated rings. The molecule has 0 radical (unpaired) electrons. The van der Waals surface area contributed by atoms with E-state index in [1.807, 2.05) is 41.8 Å². The van der Waals surface area contributed by atoms with E-state index < -0.39 is 23.9 Å². The normalized spacial score (nSPS) is 25.5. The minimum absolute atomic E-state index is 0.0362. The van der Waals surface area contributed by atoms with Gasteiger partial charge in [-0.15, -0.1) is 0 Å². The molecule has 5 rings (SSSR count). The number of aromatic nitrogens is 3. The predicted molar refractivity (Wildman–Crippen MR) is 130 cm³/mol. The summed E-state index contributed by atoms with van der Waals surface area (Å²) in [4.78, 5) is 46.5. The van der Waals surface area contributed by atoms with Crippen LogP contribution in [0.5, 0.6) is 0 Å². The van der Waals surface area contributed by atoms with Crippen LogP contribution < -0.4 is 10.9 Å². The van der Waals surface area contributed by atoms with Crippen molar-refractivity contribution in [2.45, 2.75) is 51.2 Å². The standard InChI is InChI=1S/C26H33N5O4/c1-3-5-16-8-9-20-23-22(24(33)27-11-10-18-12-29(2)15-28-18)19(14-32)21(13-30(20)25(16)34)31(23)26(35)17-6-4-7-17/h3,5,8-9,12,15,17,19,21-23,32H,4,6-7,10-11,13-14H2,1-2H3,(H,27,33)/b5-3-/t19-,21-,22+,23+/m1/s1. The van der Waals surface area contributed by atoms with Crippen LogP contribution in [0.15, 0.2) is 35.5 Å². The van der Waals surface area contributed by atoms with Crippen LogP contribution in [0.3, 0.4) is 0 Å². The van der Waals surface area contributed by atoms with Gasteiger partial charge in [0.15, 0.2) is 0 Å². The van der Waals surface area contributed by atoms with Crippen LogP contribution in [0.25, 0.3) is 6.08 Å². The number of pyridine rings is 1. The molecule has 1 saturated heterocycles. The van der Waals surface area contributed by atoms with Crippen molar-refractivity contribution in [3.8, 4) is 0 Å². The van der Waals surface area contributed by atoms with E-state index in [0.29, 0.717) is 24.2 Å². The summed E-state index contributed by atoms with van der Waals surface area (Å²) >= 11 is 0. The molecule has 186 valence electrons. The van der Waals surface area contributed by atoms with Crippen molar-refractivity contribution in [1.82, 2.24) is 24.3 Å². The fourth-order valence-electron chi connectivity index (χ4n) is 5.93. The molecule has 2 aliphatic heterocycles. The zero-order valence-corrected chi connectivity index (χ0v) is 20.3. The molecule has 35 heavy (non-hydrogen) atoms. The molecule has 0 aromatic carbocycles. The van der Waals surface area contributed by atoms with Gasteiger partial charge in [-0.05, 0) is 31.9 Å². The number of carbonyl (C=O) groups is 2. The van der Waals surface area contributed by atoms with Crippen molar-refractivity contribution < 1.29 is 14.7 Å². The van der Waals surface area contributed by atoms with Crippen LogP contribution in [0.2, 0.25) is 0 Å². The molecule has 2 N–H and O–H groups in total. The number of nitrogens with one attached hydrogen (secondary N) is 1. The topological polar surface area (TPSA) is 109 Å². The molecule has 1 saturated carbocycles. The van der Waals surface area contributed by atoms with E-state index in [-0.39, 0.29) is 36.4 Å². The first-order valence-corrected chi connectivity index (χ1v) is 12.5. The third-order valence-corrected chi connectivity index (χ3v) is 7.87. The van der Waals surface area contributed by atoms with Crippen molar-refractivity contribution >= 4 is 17.9 Å². The molecule has 2 aromatic heterocycles. The van der Waals surface area contributed by atoms with Crippen molar-refractivity contribution in [2.24, 2.45) is 24.8 Å². The highest BCUT2D eigenvalue weighted by atomic mass is 16.3. The van der Waals surface area contributed by atoms with Gasteiger partial charge in [0.1, 0.15) is 0 Å². The Kier molecular flexibility index (Phi) is 6.35. The van der Waals surface area contributed by atoms with Gasteiger partial charge >= 0.3 is 0 Å². The van der Waals surface area contributed by atoms with Crippen LogP contribution in [0.4, 0.5) is 0 Å². The van der Waals surface area contributed by atoms with Crippen LogP contribution >= 0.6 is 0 Å². The maximum absolute atomic E-state index is 13.6. The fourth-order valence-corrected chi connectivity index (χ4v) is 5.93. The number of fused-ring (bicyclic) bond motifs is 4. The number of hydrogen-bond acceptors (Lipinski definition) is 5. The lowest BCUT2D eigenvalue weighted by Crippen LogP contribution is -2.51. The highest BCUT2D eigenvalue weighted by molar-refractivity contribution is 5.85. The number of nitrogens with zero attached hydrogens (tertiary/aromatic N) is 4. The Morgan fingerprint density at radius 1 is 1.29 bits per heavy atom. The zero-order chi connectivity index (χ0) is 24.7. The summed E-state index contributed by atoms with van der Waals surface area (Å²) in [5.74, 6) is -1.25. The molecule has 1 aliphatic carbocycles. The largest absolute Gasteiger partial charge is 0.396 e. The predicted octanol–water partition coefficient (Wildman–Crippen LogP) is 1.26. The zero-order valence-electron chi connectivity index (χ0n) is 20.3. The average Bonchev–Trinajstić information content (AvgIpc) is 3.32. The SMILES string of the molecule is C/C=C\c1ccc2n(c1=O)C[C@@H]1[C@@H](CO)[C@H](C(=O)NCCc3cn(C)cn3)[C@H]2N1C(=O)C1CCC1. The maximum Gasteiger partial charge on any atom is 0.258 e. The number of carbonyl (C=O) groups excluding carboxylic acids is 2. The summed E-state index contributed by atoms with van der Waals surface area (Å²) in [5, 5.41) is 13.4. The highest BCUT2D eigenvalue weighted by Crippen LogP contribution is 2.50.